The zero-order valence-electron chi connectivity index (χ0n) is 9.76. The second kappa shape index (κ2) is 6.48. The molecule has 6 heteroatoms. The molecule has 1 amide bonds. The molecule has 0 saturated carbocycles. The molecular weight excluding hydrogens is 239 g/mol. The Kier molecular flexibility index (Phi) is 4.98. The van der Waals surface area contributed by atoms with Gasteiger partial charge in [-0.25, -0.2) is 14.2 Å². The highest BCUT2D eigenvalue weighted by molar-refractivity contribution is 5.94. The lowest BCUT2D eigenvalue weighted by Crippen LogP contribution is -2.40. The van der Waals surface area contributed by atoms with Gasteiger partial charge in [0.2, 0.25) is 0 Å². The predicted octanol–water partition coefficient (Wildman–Crippen LogP) is 1.37. The van der Waals surface area contributed by atoms with Crippen molar-refractivity contribution in [1.29, 1.82) is 0 Å². The van der Waals surface area contributed by atoms with Crippen LogP contribution in [0.5, 0.6) is 0 Å². The van der Waals surface area contributed by atoms with Crippen molar-refractivity contribution in [1.82, 2.24) is 10.3 Å². The summed E-state index contributed by atoms with van der Waals surface area (Å²) in [5, 5.41) is 11.2. The molecule has 0 aliphatic heterocycles. The maximum absolute atomic E-state index is 12.6. The Hall–Kier alpha value is -2.24. The molecule has 0 saturated heterocycles. The number of rotatable bonds is 5. The van der Waals surface area contributed by atoms with E-state index in [1.54, 1.807) is 19.1 Å². The maximum Gasteiger partial charge on any atom is 0.326 e. The first kappa shape index (κ1) is 13.8. The molecule has 0 aliphatic rings. The third-order valence-electron chi connectivity index (χ3n) is 2.17. The van der Waals surface area contributed by atoms with E-state index in [1.807, 2.05) is 0 Å². The van der Waals surface area contributed by atoms with Gasteiger partial charge in [0.05, 0.1) is 6.20 Å². The molecule has 0 spiro atoms. The summed E-state index contributed by atoms with van der Waals surface area (Å²) in [6.07, 6.45) is 4.41. The predicted molar refractivity (Wildman–Crippen MR) is 62.5 cm³/mol. The minimum absolute atomic E-state index is 0.0249. The van der Waals surface area contributed by atoms with Crippen LogP contribution in [0.15, 0.2) is 30.5 Å². The highest BCUT2D eigenvalue weighted by Crippen LogP contribution is 2.01. The lowest BCUT2D eigenvalue weighted by molar-refractivity contribution is -0.139. The summed E-state index contributed by atoms with van der Waals surface area (Å²) < 4.78 is 12.6. The van der Waals surface area contributed by atoms with Crippen molar-refractivity contribution in [2.45, 2.75) is 19.4 Å². The van der Waals surface area contributed by atoms with Gasteiger partial charge in [-0.3, -0.25) is 4.79 Å². The number of carboxylic acids is 1. The van der Waals surface area contributed by atoms with E-state index >= 15 is 0 Å². The van der Waals surface area contributed by atoms with Crippen molar-refractivity contribution in [2.24, 2.45) is 0 Å². The SMILES string of the molecule is C/C=C/CC(NC(=O)c1ccc(F)cn1)C(=O)O. The van der Waals surface area contributed by atoms with Gasteiger partial charge >= 0.3 is 5.97 Å². The number of allylic oxidation sites excluding steroid dienone is 1. The van der Waals surface area contributed by atoms with Crippen molar-refractivity contribution < 1.29 is 19.1 Å². The van der Waals surface area contributed by atoms with Crippen LogP contribution in [0.2, 0.25) is 0 Å². The standard InChI is InChI=1S/C12H13FN2O3/c1-2-3-4-10(12(17)18)15-11(16)9-6-5-8(13)7-14-9/h2-3,5-7,10H,4H2,1H3,(H,15,16)(H,17,18)/b3-2+. The first-order valence-corrected chi connectivity index (χ1v) is 5.31. The van der Waals surface area contributed by atoms with Gasteiger partial charge in [0.25, 0.3) is 5.91 Å². The van der Waals surface area contributed by atoms with Gasteiger partial charge in [0.1, 0.15) is 17.6 Å². The van der Waals surface area contributed by atoms with Gasteiger partial charge in [0, 0.05) is 0 Å². The van der Waals surface area contributed by atoms with Crippen LogP contribution < -0.4 is 5.32 Å². The lowest BCUT2D eigenvalue weighted by atomic mass is 10.2. The molecule has 0 fully saturated rings. The van der Waals surface area contributed by atoms with Gasteiger partial charge in [-0.15, -0.1) is 0 Å². The molecule has 0 bridgehead atoms. The third kappa shape index (κ3) is 3.97. The van der Waals surface area contributed by atoms with Crippen molar-refractivity contribution in [3.05, 3.63) is 42.0 Å². The van der Waals surface area contributed by atoms with Gasteiger partial charge in [-0.1, -0.05) is 12.2 Å². The minimum Gasteiger partial charge on any atom is -0.480 e. The molecule has 1 rings (SSSR count). The van der Waals surface area contributed by atoms with Gasteiger partial charge in [-0.05, 0) is 25.5 Å². The number of aromatic nitrogens is 1. The second-order valence-corrected chi connectivity index (χ2v) is 3.53. The number of nitrogens with one attached hydrogen (secondary N) is 1. The highest BCUT2D eigenvalue weighted by atomic mass is 19.1. The number of halogens is 1. The Balaban J connectivity index is 2.72. The van der Waals surface area contributed by atoms with Crippen molar-refractivity contribution >= 4 is 11.9 Å². The molecule has 1 heterocycles. The Morgan fingerprint density at radius 3 is 2.78 bits per heavy atom. The summed E-state index contributed by atoms with van der Waals surface area (Å²) in [5.41, 5.74) is -0.0249. The first-order chi connectivity index (χ1) is 8.54. The van der Waals surface area contributed by atoms with Crippen LogP contribution in [0.3, 0.4) is 0 Å². The number of nitrogens with zero attached hydrogens (tertiary/aromatic N) is 1. The van der Waals surface area contributed by atoms with E-state index in [1.165, 1.54) is 6.07 Å². The van der Waals surface area contributed by atoms with Crippen LogP contribution in [0.4, 0.5) is 4.39 Å². The fourth-order valence-electron chi connectivity index (χ4n) is 1.24. The number of carbonyl (C=O) groups is 2. The van der Waals surface area contributed by atoms with E-state index < -0.39 is 23.7 Å². The Labute approximate surface area is 103 Å². The van der Waals surface area contributed by atoms with E-state index in [0.29, 0.717) is 0 Å². The van der Waals surface area contributed by atoms with Crippen LogP contribution >= 0.6 is 0 Å². The summed E-state index contributed by atoms with van der Waals surface area (Å²) in [5.74, 6) is -2.34. The Morgan fingerprint density at radius 1 is 1.56 bits per heavy atom. The molecule has 96 valence electrons. The van der Waals surface area contributed by atoms with Crippen molar-refractivity contribution in [2.75, 3.05) is 0 Å². The summed E-state index contributed by atoms with van der Waals surface area (Å²) in [6.45, 7) is 1.75. The van der Waals surface area contributed by atoms with E-state index in [-0.39, 0.29) is 12.1 Å². The Bertz CT molecular complexity index is 457. The molecule has 1 unspecified atom stereocenters. The smallest absolute Gasteiger partial charge is 0.326 e. The highest BCUT2D eigenvalue weighted by Gasteiger charge is 2.19. The minimum atomic E-state index is -1.14. The van der Waals surface area contributed by atoms with Crippen LogP contribution in [-0.4, -0.2) is 28.0 Å². The van der Waals surface area contributed by atoms with E-state index in [9.17, 15) is 14.0 Å². The normalized spacial score (nSPS) is 12.3. The first-order valence-electron chi connectivity index (χ1n) is 5.31. The zero-order valence-corrected chi connectivity index (χ0v) is 9.76. The molecule has 0 aromatic carbocycles. The monoisotopic (exact) mass is 252 g/mol. The van der Waals surface area contributed by atoms with Crippen molar-refractivity contribution in [3.8, 4) is 0 Å². The molecule has 2 N–H and O–H groups in total. The van der Waals surface area contributed by atoms with Crippen LogP contribution in [0.1, 0.15) is 23.8 Å². The Morgan fingerprint density at radius 2 is 2.28 bits per heavy atom. The maximum atomic E-state index is 12.6. The summed E-state index contributed by atoms with van der Waals surface area (Å²) in [7, 11) is 0. The average Bonchev–Trinajstić information content (AvgIpc) is 2.34. The van der Waals surface area contributed by atoms with Crippen molar-refractivity contribution in [3.63, 3.8) is 0 Å². The third-order valence-corrected chi connectivity index (χ3v) is 2.17. The number of hydrogen-bond donors (Lipinski definition) is 2. The van der Waals surface area contributed by atoms with Gasteiger partial charge in [0.15, 0.2) is 0 Å². The summed E-state index contributed by atoms with van der Waals surface area (Å²) in [6, 6.07) is 1.25. The molecule has 0 aliphatic carbocycles. The molecule has 1 atom stereocenters. The molecule has 5 nitrogen and oxygen atoms in total. The summed E-state index contributed by atoms with van der Waals surface area (Å²) >= 11 is 0. The van der Waals surface area contributed by atoms with Crippen LogP contribution in [-0.2, 0) is 4.79 Å². The quantitative estimate of drug-likeness (QED) is 0.776. The number of hydrogen-bond acceptors (Lipinski definition) is 3. The largest absolute Gasteiger partial charge is 0.480 e. The van der Waals surface area contributed by atoms with Gasteiger partial charge in [-0.2, -0.15) is 0 Å². The molecule has 18 heavy (non-hydrogen) atoms. The van der Waals surface area contributed by atoms with E-state index in [2.05, 4.69) is 10.3 Å². The van der Waals surface area contributed by atoms with E-state index in [0.717, 1.165) is 12.3 Å². The number of amides is 1. The fourth-order valence-corrected chi connectivity index (χ4v) is 1.24. The van der Waals surface area contributed by atoms with Crippen LogP contribution in [0, 0.1) is 5.82 Å². The second-order valence-electron chi connectivity index (χ2n) is 3.53. The molecule has 1 aromatic rings. The summed E-state index contributed by atoms with van der Waals surface area (Å²) in [4.78, 5) is 26.1. The average molecular weight is 252 g/mol. The number of pyridine rings is 1. The number of aliphatic carboxylic acids is 1. The molecular formula is C12H13FN2O3. The van der Waals surface area contributed by atoms with Gasteiger partial charge < -0.3 is 10.4 Å². The lowest BCUT2D eigenvalue weighted by Gasteiger charge is -2.12. The number of carboxylic acid groups (broad SMARTS) is 1. The molecule has 1 aromatic heterocycles. The van der Waals surface area contributed by atoms with E-state index in [4.69, 9.17) is 5.11 Å². The zero-order chi connectivity index (χ0) is 13.5. The molecule has 0 radical (unpaired) electrons. The van der Waals surface area contributed by atoms with Crippen LogP contribution in [0.25, 0.3) is 0 Å². The fraction of sp³-hybridized carbons (Fsp3) is 0.250. The number of carbonyl (C=O) groups excluding carboxylic acids is 1. The topological polar surface area (TPSA) is 79.3 Å².